The lowest BCUT2D eigenvalue weighted by Gasteiger charge is -2.33. The van der Waals surface area contributed by atoms with Gasteiger partial charge in [0, 0.05) is 12.8 Å². The molecule has 342 valence electrons. The van der Waals surface area contributed by atoms with E-state index >= 15 is 0 Å². The number of carbonyl (C=O) groups excluding carboxylic acids is 7. The molecule has 17 heteroatoms. The summed E-state index contributed by atoms with van der Waals surface area (Å²) in [5.41, 5.74) is 0.717. The van der Waals surface area contributed by atoms with Gasteiger partial charge in [-0.3, -0.25) is 28.8 Å². The number of fused-ring (bicyclic) bond motifs is 10. The van der Waals surface area contributed by atoms with Gasteiger partial charge in [0.25, 0.3) is 5.91 Å². The number of Topliss-reactive ketones (excluding diaryl/α,β-unsaturated/α-hetero) is 1. The Balaban J connectivity index is 1.40. The number of hydrogen-bond donors (Lipinski definition) is 7. The quantitative estimate of drug-likeness (QED) is 0.121. The first-order valence-electron chi connectivity index (χ1n) is 21.6. The number of amides is 6. The summed E-state index contributed by atoms with van der Waals surface area (Å²) in [4.78, 5) is 107. The standard InChI is InChI=1S/C47H58N6O11/c1-5-13-34(40(55)44(59)48-27-37(54)52-39(45(60)61)31-17-10-7-11-18-31)49-41(56)35-26-29-14-12-19-33(24-29)63-32-22-20-28(21-23-32)25-36(51-46(62)64-47(2,3)4)42(57)53-38(43(58)50-35)30-15-8-6-9-16-30/h7,10-12,14,17-24,30,34-36,38-39H,5-6,8-9,13,15-16,25-27H2,1-4H3,(H,48,59)(H,49,56)(H,50,58)(H,51,62)(H,52,54)(H,53,57)(H,60,61)/t34-,35-,36-,38-,39-/m0/s1. The van der Waals surface area contributed by atoms with E-state index in [-0.39, 0.29) is 25.2 Å². The van der Waals surface area contributed by atoms with Crippen molar-refractivity contribution >= 4 is 47.4 Å². The first kappa shape index (κ1) is 48.3. The van der Waals surface area contributed by atoms with Crippen LogP contribution in [0.2, 0.25) is 0 Å². The number of alkyl carbamates (subject to hydrolysis) is 1. The first-order chi connectivity index (χ1) is 30.5. The van der Waals surface area contributed by atoms with E-state index in [0.29, 0.717) is 47.5 Å². The van der Waals surface area contributed by atoms with Gasteiger partial charge in [-0.25, -0.2) is 9.59 Å². The highest BCUT2D eigenvalue weighted by Gasteiger charge is 2.37. The van der Waals surface area contributed by atoms with Gasteiger partial charge >= 0.3 is 12.1 Å². The summed E-state index contributed by atoms with van der Waals surface area (Å²) in [7, 11) is 0. The van der Waals surface area contributed by atoms with Crippen molar-refractivity contribution < 1.29 is 52.9 Å². The topological polar surface area (TPSA) is 247 Å². The maximum Gasteiger partial charge on any atom is 0.408 e. The maximum absolute atomic E-state index is 14.5. The zero-order chi connectivity index (χ0) is 46.4. The number of benzene rings is 3. The third kappa shape index (κ3) is 14.4. The molecule has 0 unspecified atom stereocenters. The van der Waals surface area contributed by atoms with Gasteiger partial charge in [-0.1, -0.05) is 87.2 Å². The van der Waals surface area contributed by atoms with E-state index in [0.717, 1.165) is 19.3 Å². The molecule has 3 aliphatic rings. The lowest BCUT2D eigenvalue weighted by atomic mass is 9.83. The molecule has 7 N–H and O–H groups in total. The van der Waals surface area contributed by atoms with Gasteiger partial charge in [0.2, 0.25) is 29.4 Å². The highest BCUT2D eigenvalue weighted by Crippen LogP contribution is 2.28. The average Bonchev–Trinajstić information content (AvgIpc) is 3.26. The fraction of sp³-hybridized carbons (Fsp3) is 0.447. The Hall–Kier alpha value is -6.78. The maximum atomic E-state index is 14.5. The summed E-state index contributed by atoms with van der Waals surface area (Å²) in [5, 5.41) is 25.3. The predicted molar refractivity (Wildman–Crippen MR) is 234 cm³/mol. The lowest BCUT2D eigenvalue weighted by molar-refractivity contribution is -0.142. The Morgan fingerprint density at radius 3 is 2.17 bits per heavy atom. The molecule has 6 rings (SSSR count). The van der Waals surface area contributed by atoms with Crippen molar-refractivity contribution in [3.8, 4) is 11.5 Å². The van der Waals surface area contributed by atoms with Crippen LogP contribution < -0.4 is 36.6 Å². The zero-order valence-corrected chi connectivity index (χ0v) is 36.6. The van der Waals surface area contributed by atoms with Gasteiger partial charge in [-0.15, -0.1) is 0 Å². The number of ether oxygens (including phenoxy) is 2. The minimum atomic E-state index is -1.41. The summed E-state index contributed by atoms with van der Waals surface area (Å²) < 4.78 is 11.6. The zero-order valence-electron chi connectivity index (χ0n) is 36.6. The van der Waals surface area contributed by atoms with Crippen molar-refractivity contribution in [1.82, 2.24) is 31.9 Å². The molecule has 0 aromatic heterocycles. The number of nitrogens with one attached hydrogen (secondary N) is 6. The molecule has 1 saturated carbocycles. The molecule has 4 bridgehead atoms. The molecule has 5 atom stereocenters. The van der Waals surface area contributed by atoms with Crippen LogP contribution in [0.25, 0.3) is 0 Å². The summed E-state index contributed by atoms with van der Waals surface area (Å²) in [6.45, 7) is 6.11. The molecule has 0 radical (unpaired) electrons. The van der Waals surface area contributed by atoms with Crippen molar-refractivity contribution in [1.29, 1.82) is 0 Å². The second-order valence-corrected chi connectivity index (χ2v) is 17.1. The van der Waals surface area contributed by atoms with E-state index in [1.807, 2.05) is 0 Å². The van der Waals surface area contributed by atoms with Gasteiger partial charge in [0.15, 0.2) is 6.04 Å². The van der Waals surface area contributed by atoms with E-state index in [1.54, 1.807) is 94.4 Å². The molecule has 0 spiro atoms. The van der Waals surface area contributed by atoms with Crippen LogP contribution in [0.4, 0.5) is 4.79 Å². The van der Waals surface area contributed by atoms with Gasteiger partial charge in [0.05, 0.1) is 12.6 Å². The van der Waals surface area contributed by atoms with E-state index in [9.17, 15) is 43.5 Å². The van der Waals surface area contributed by atoms with Crippen LogP contribution >= 0.6 is 0 Å². The normalized spacial score (nSPS) is 19.2. The molecule has 1 aliphatic carbocycles. The molecular weight excluding hydrogens is 825 g/mol. The number of hydrogen-bond acceptors (Lipinski definition) is 10. The number of carboxylic acid groups (broad SMARTS) is 1. The van der Waals surface area contributed by atoms with Crippen LogP contribution in [0.15, 0.2) is 78.9 Å². The summed E-state index contributed by atoms with van der Waals surface area (Å²) in [6, 6.07) is 15.4. The first-order valence-corrected chi connectivity index (χ1v) is 21.6. The van der Waals surface area contributed by atoms with Gasteiger partial charge in [0.1, 0.15) is 35.2 Å². The van der Waals surface area contributed by atoms with Crippen molar-refractivity contribution in [2.24, 2.45) is 5.92 Å². The fourth-order valence-corrected chi connectivity index (χ4v) is 7.67. The van der Waals surface area contributed by atoms with Crippen LogP contribution in [0.3, 0.4) is 0 Å². The number of carbonyl (C=O) groups is 8. The SMILES string of the molecule is CCC[C@H](NC(=O)[C@@H]1Cc2cccc(c2)Oc2ccc(cc2)C[C@H](NC(=O)OC(C)(C)C)C(=O)N[C@@H](C2CCCCC2)C(=O)N1)C(=O)C(=O)NCC(=O)N[C@H](C(=O)O)c1ccccc1. The fourth-order valence-electron chi connectivity index (χ4n) is 7.67. The summed E-state index contributed by atoms with van der Waals surface area (Å²) >= 11 is 0. The third-order valence-electron chi connectivity index (χ3n) is 10.8. The molecule has 3 aromatic rings. The Kier molecular flexibility index (Phi) is 17.0. The average molecular weight is 883 g/mol. The van der Waals surface area contributed by atoms with E-state index in [4.69, 9.17) is 9.47 Å². The molecule has 0 saturated heterocycles. The smallest absolute Gasteiger partial charge is 0.408 e. The van der Waals surface area contributed by atoms with Crippen molar-refractivity contribution in [2.75, 3.05) is 6.54 Å². The van der Waals surface area contributed by atoms with Crippen LogP contribution in [-0.4, -0.2) is 88.8 Å². The molecule has 2 aliphatic heterocycles. The largest absolute Gasteiger partial charge is 0.479 e. The Bertz CT molecular complexity index is 2150. The van der Waals surface area contributed by atoms with Crippen molar-refractivity contribution in [2.45, 2.75) is 121 Å². The number of aliphatic carboxylic acids is 1. The van der Waals surface area contributed by atoms with E-state index < -0.39 is 89.7 Å². The molecule has 1 fully saturated rings. The van der Waals surface area contributed by atoms with E-state index in [2.05, 4.69) is 31.9 Å². The van der Waals surface area contributed by atoms with Crippen molar-refractivity contribution in [3.05, 3.63) is 95.6 Å². The Morgan fingerprint density at radius 2 is 1.52 bits per heavy atom. The van der Waals surface area contributed by atoms with Crippen LogP contribution in [-0.2, 0) is 51.1 Å². The van der Waals surface area contributed by atoms with Crippen molar-refractivity contribution in [3.63, 3.8) is 0 Å². The van der Waals surface area contributed by atoms with Gasteiger partial charge < -0.3 is 46.5 Å². The van der Waals surface area contributed by atoms with E-state index in [1.165, 1.54) is 12.1 Å². The molecule has 64 heavy (non-hydrogen) atoms. The van der Waals surface area contributed by atoms with Gasteiger partial charge in [-0.05, 0) is 86.9 Å². The second kappa shape index (κ2) is 22.5. The molecular formula is C47H58N6O11. The molecule has 6 amide bonds. The minimum absolute atomic E-state index is 0.0225. The van der Waals surface area contributed by atoms with Crippen LogP contribution in [0, 0.1) is 5.92 Å². The predicted octanol–water partition coefficient (Wildman–Crippen LogP) is 3.93. The summed E-state index contributed by atoms with van der Waals surface area (Å²) in [5.74, 6) is -5.95. The molecule has 17 nitrogen and oxygen atoms in total. The summed E-state index contributed by atoms with van der Waals surface area (Å²) in [6.07, 6.45) is 3.31. The number of rotatable bonds is 13. The second-order valence-electron chi connectivity index (χ2n) is 17.1. The number of carboxylic acids is 1. The Morgan fingerprint density at radius 1 is 0.812 bits per heavy atom. The molecule has 2 heterocycles. The Labute approximate surface area is 372 Å². The minimum Gasteiger partial charge on any atom is -0.479 e. The van der Waals surface area contributed by atoms with Crippen LogP contribution in [0.5, 0.6) is 11.5 Å². The number of ketones is 1. The lowest BCUT2D eigenvalue weighted by Crippen LogP contribution is -2.60. The highest BCUT2D eigenvalue weighted by molar-refractivity contribution is 6.38. The van der Waals surface area contributed by atoms with Gasteiger partial charge in [-0.2, -0.15) is 0 Å². The highest BCUT2D eigenvalue weighted by atomic mass is 16.6. The third-order valence-corrected chi connectivity index (χ3v) is 10.8. The van der Waals surface area contributed by atoms with Crippen LogP contribution in [0.1, 0.15) is 95.4 Å². The monoisotopic (exact) mass is 882 g/mol. The molecule has 3 aromatic carbocycles.